The van der Waals surface area contributed by atoms with Crippen molar-refractivity contribution < 1.29 is 13.6 Å². The topological polar surface area (TPSA) is 67.8 Å². The maximum absolute atomic E-state index is 13.6. The first-order valence-corrected chi connectivity index (χ1v) is 8.15. The van der Waals surface area contributed by atoms with Gasteiger partial charge in [-0.25, -0.2) is 14.4 Å². The molecule has 0 aliphatic carbocycles. The molecule has 0 radical (unpaired) electrons. The molecule has 0 spiro atoms. The average Bonchev–Trinajstić information content (AvgIpc) is 2.67. The molecule has 3 aromatic rings. The van der Waals surface area contributed by atoms with Crippen LogP contribution in [0.1, 0.15) is 34.0 Å². The molecule has 0 bridgehead atoms. The Balaban J connectivity index is 1.79. The first kappa shape index (κ1) is 18.3. The third-order valence-electron chi connectivity index (χ3n) is 4.04. The average molecular weight is 366 g/mol. The lowest BCUT2D eigenvalue weighted by molar-refractivity contribution is 0.102. The van der Waals surface area contributed by atoms with Gasteiger partial charge in [-0.05, 0) is 43.7 Å². The van der Waals surface area contributed by atoms with E-state index < -0.39 is 17.7 Å². The summed E-state index contributed by atoms with van der Waals surface area (Å²) in [5.41, 5.74) is 2.73. The Morgan fingerprint density at radius 2 is 1.70 bits per heavy atom. The van der Waals surface area contributed by atoms with E-state index in [2.05, 4.69) is 20.3 Å². The van der Waals surface area contributed by atoms with Gasteiger partial charge in [-0.1, -0.05) is 6.08 Å². The Morgan fingerprint density at radius 3 is 2.30 bits per heavy atom. The summed E-state index contributed by atoms with van der Waals surface area (Å²) in [5.74, 6) is -1.27. The van der Waals surface area contributed by atoms with Crippen molar-refractivity contribution in [3.05, 3.63) is 89.1 Å². The van der Waals surface area contributed by atoms with E-state index in [1.165, 1.54) is 25.4 Å². The van der Waals surface area contributed by atoms with E-state index in [9.17, 15) is 13.6 Å². The number of allylic oxidation sites excluding steroid dienone is 1. The standard InChI is InChI=1S/C20H16F2N4O/c1-3-15(13-4-6-18(22)24-8-13)14-5-7-19(25-9-14)26-20(27)16-10-23-11-17(21)12(16)2/h3-11H,1-2H3,(H,25,26,27). The molecule has 0 aromatic carbocycles. The van der Waals surface area contributed by atoms with Gasteiger partial charge in [0, 0.05) is 35.3 Å². The number of hydrogen-bond donors (Lipinski definition) is 1. The Labute approximate surface area is 154 Å². The van der Waals surface area contributed by atoms with Crippen LogP contribution in [0.3, 0.4) is 0 Å². The quantitative estimate of drug-likeness (QED) is 0.704. The predicted octanol–water partition coefficient (Wildman–Crippen LogP) is 4.16. The van der Waals surface area contributed by atoms with E-state index >= 15 is 0 Å². The molecular formula is C20H16F2N4O. The van der Waals surface area contributed by atoms with Crippen molar-refractivity contribution in [1.82, 2.24) is 15.0 Å². The monoisotopic (exact) mass is 366 g/mol. The van der Waals surface area contributed by atoms with Gasteiger partial charge in [-0.15, -0.1) is 0 Å². The zero-order valence-corrected chi connectivity index (χ0v) is 14.7. The van der Waals surface area contributed by atoms with Crippen LogP contribution in [-0.4, -0.2) is 20.9 Å². The van der Waals surface area contributed by atoms with Crippen LogP contribution in [0.4, 0.5) is 14.6 Å². The van der Waals surface area contributed by atoms with Crippen LogP contribution in [0.2, 0.25) is 0 Å². The number of carbonyl (C=O) groups is 1. The molecule has 3 aromatic heterocycles. The Bertz CT molecular complexity index is 999. The number of aromatic nitrogens is 3. The molecule has 0 saturated heterocycles. The molecule has 0 aliphatic rings. The van der Waals surface area contributed by atoms with Crippen LogP contribution < -0.4 is 5.32 Å². The maximum atomic E-state index is 13.6. The summed E-state index contributed by atoms with van der Waals surface area (Å²) < 4.78 is 26.6. The van der Waals surface area contributed by atoms with Gasteiger partial charge < -0.3 is 5.32 Å². The first-order valence-electron chi connectivity index (χ1n) is 8.15. The van der Waals surface area contributed by atoms with Crippen molar-refractivity contribution in [1.29, 1.82) is 0 Å². The number of amides is 1. The number of anilines is 1. The van der Waals surface area contributed by atoms with Crippen molar-refractivity contribution in [3.8, 4) is 0 Å². The zero-order chi connectivity index (χ0) is 19.4. The third kappa shape index (κ3) is 4.03. The summed E-state index contributed by atoms with van der Waals surface area (Å²) in [5, 5.41) is 2.62. The summed E-state index contributed by atoms with van der Waals surface area (Å²) in [7, 11) is 0. The third-order valence-corrected chi connectivity index (χ3v) is 4.04. The lowest BCUT2D eigenvalue weighted by Crippen LogP contribution is -2.15. The Kier molecular flexibility index (Phi) is 5.30. The lowest BCUT2D eigenvalue weighted by atomic mass is 10.0. The first-order chi connectivity index (χ1) is 13.0. The van der Waals surface area contributed by atoms with Crippen LogP contribution in [0.15, 0.2) is 55.1 Å². The molecular weight excluding hydrogens is 350 g/mol. The molecule has 0 atom stereocenters. The highest BCUT2D eigenvalue weighted by molar-refractivity contribution is 6.04. The molecule has 0 fully saturated rings. The fourth-order valence-electron chi connectivity index (χ4n) is 2.57. The van der Waals surface area contributed by atoms with Crippen LogP contribution in [0.25, 0.3) is 5.57 Å². The minimum atomic E-state index is -0.549. The molecule has 0 aliphatic heterocycles. The lowest BCUT2D eigenvalue weighted by Gasteiger charge is -2.10. The molecule has 3 heterocycles. The molecule has 1 N–H and O–H groups in total. The molecule has 7 heteroatoms. The van der Waals surface area contributed by atoms with Gasteiger partial charge in [0.15, 0.2) is 0 Å². The molecule has 0 saturated carbocycles. The summed E-state index contributed by atoms with van der Waals surface area (Å²) in [6.07, 6.45) is 7.26. The number of pyridine rings is 3. The fraction of sp³-hybridized carbons (Fsp3) is 0.100. The van der Waals surface area contributed by atoms with Crippen molar-refractivity contribution in [2.75, 3.05) is 5.32 Å². The van der Waals surface area contributed by atoms with Crippen molar-refractivity contribution in [2.24, 2.45) is 0 Å². The summed E-state index contributed by atoms with van der Waals surface area (Å²) in [4.78, 5) is 23.9. The molecule has 27 heavy (non-hydrogen) atoms. The van der Waals surface area contributed by atoms with Gasteiger partial charge in [0.25, 0.3) is 5.91 Å². The second kappa shape index (κ2) is 7.82. The highest BCUT2D eigenvalue weighted by Gasteiger charge is 2.13. The molecule has 1 amide bonds. The smallest absolute Gasteiger partial charge is 0.258 e. The second-order valence-corrected chi connectivity index (χ2v) is 5.75. The van der Waals surface area contributed by atoms with Gasteiger partial charge in [0.05, 0.1) is 11.8 Å². The molecule has 5 nitrogen and oxygen atoms in total. The predicted molar refractivity (Wildman–Crippen MR) is 98.1 cm³/mol. The van der Waals surface area contributed by atoms with Gasteiger partial charge in [-0.3, -0.25) is 9.78 Å². The van der Waals surface area contributed by atoms with E-state index in [0.717, 1.165) is 22.9 Å². The van der Waals surface area contributed by atoms with E-state index in [-0.39, 0.29) is 11.1 Å². The highest BCUT2D eigenvalue weighted by Crippen LogP contribution is 2.23. The Morgan fingerprint density at radius 1 is 1.00 bits per heavy atom. The van der Waals surface area contributed by atoms with E-state index in [0.29, 0.717) is 5.82 Å². The SMILES string of the molecule is CC=C(c1ccc(F)nc1)c1ccc(NC(=O)c2cncc(F)c2C)nc1. The zero-order valence-electron chi connectivity index (χ0n) is 14.7. The number of rotatable bonds is 4. The highest BCUT2D eigenvalue weighted by atomic mass is 19.1. The van der Waals surface area contributed by atoms with Gasteiger partial charge in [0.2, 0.25) is 5.95 Å². The Hall–Kier alpha value is -3.48. The van der Waals surface area contributed by atoms with Crippen LogP contribution in [0, 0.1) is 18.7 Å². The number of nitrogens with zero attached hydrogens (tertiary/aromatic N) is 3. The molecule has 0 unspecified atom stereocenters. The van der Waals surface area contributed by atoms with Crippen molar-refractivity contribution >= 4 is 17.3 Å². The van der Waals surface area contributed by atoms with Crippen molar-refractivity contribution in [3.63, 3.8) is 0 Å². The number of halogens is 2. The number of hydrogen-bond acceptors (Lipinski definition) is 4. The van der Waals surface area contributed by atoms with Crippen LogP contribution in [0.5, 0.6) is 0 Å². The van der Waals surface area contributed by atoms with Gasteiger partial charge in [0.1, 0.15) is 11.6 Å². The van der Waals surface area contributed by atoms with Gasteiger partial charge in [-0.2, -0.15) is 4.39 Å². The van der Waals surface area contributed by atoms with E-state index in [4.69, 9.17) is 0 Å². The molecule has 3 rings (SSSR count). The normalized spacial score (nSPS) is 11.3. The largest absolute Gasteiger partial charge is 0.307 e. The maximum Gasteiger partial charge on any atom is 0.258 e. The molecule has 136 valence electrons. The van der Waals surface area contributed by atoms with Crippen LogP contribution >= 0.6 is 0 Å². The van der Waals surface area contributed by atoms with Gasteiger partial charge >= 0.3 is 0 Å². The summed E-state index contributed by atoms with van der Waals surface area (Å²) in [6.45, 7) is 3.37. The van der Waals surface area contributed by atoms with E-state index in [1.807, 2.05) is 13.0 Å². The number of carbonyl (C=O) groups excluding carboxylic acids is 1. The van der Waals surface area contributed by atoms with E-state index in [1.54, 1.807) is 24.4 Å². The van der Waals surface area contributed by atoms with Crippen molar-refractivity contribution in [2.45, 2.75) is 13.8 Å². The van der Waals surface area contributed by atoms with Crippen LogP contribution in [-0.2, 0) is 0 Å². The minimum Gasteiger partial charge on any atom is -0.307 e. The second-order valence-electron chi connectivity index (χ2n) is 5.75. The minimum absolute atomic E-state index is 0.146. The summed E-state index contributed by atoms with van der Waals surface area (Å²) in [6, 6.07) is 6.33. The number of nitrogens with one attached hydrogen (secondary N) is 1. The fourth-order valence-corrected chi connectivity index (χ4v) is 2.57. The summed E-state index contributed by atoms with van der Waals surface area (Å²) >= 11 is 0.